The fourth-order valence-electron chi connectivity index (χ4n) is 2.08. The van der Waals surface area contributed by atoms with Crippen LogP contribution in [0, 0.1) is 20.8 Å². The first-order chi connectivity index (χ1) is 9.01. The summed E-state index contributed by atoms with van der Waals surface area (Å²) in [6, 6.07) is 6.30. The summed E-state index contributed by atoms with van der Waals surface area (Å²) in [6.07, 6.45) is 0. The van der Waals surface area contributed by atoms with Crippen molar-refractivity contribution in [3.05, 3.63) is 34.9 Å². The molecule has 0 bridgehead atoms. The third kappa shape index (κ3) is 3.07. The molecule has 0 unspecified atom stereocenters. The van der Waals surface area contributed by atoms with Gasteiger partial charge in [-0.2, -0.15) is 0 Å². The number of aryl methyl sites for hydroxylation is 3. The molecule has 2 aromatic rings. The van der Waals surface area contributed by atoms with Crippen LogP contribution in [-0.2, 0) is 9.53 Å². The summed E-state index contributed by atoms with van der Waals surface area (Å²) in [5, 5.41) is 2.04. The molecule has 0 aliphatic heterocycles. The number of methoxy groups -OCH3 is 1. The fourth-order valence-corrected chi connectivity index (χ4v) is 2.88. The van der Waals surface area contributed by atoms with E-state index in [0.29, 0.717) is 5.75 Å². The fraction of sp³-hybridized carbons (Fsp3) is 0.333. The average Bonchev–Trinajstić information content (AvgIpc) is 2.37. The molecule has 3 nitrogen and oxygen atoms in total. The van der Waals surface area contributed by atoms with Gasteiger partial charge in [-0.25, -0.2) is 4.98 Å². The van der Waals surface area contributed by atoms with E-state index in [-0.39, 0.29) is 5.97 Å². The Balaban J connectivity index is 2.41. The summed E-state index contributed by atoms with van der Waals surface area (Å²) in [5.41, 5.74) is 4.60. The van der Waals surface area contributed by atoms with Gasteiger partial charge in [-0.3, -0.25) is 4.79 Å². The minimum atomic E-state index is -0.231. The zero-order chi connectivity index (χ0) is 14.0. The molecular weight excluding hydrogens is 258 g/mol. The van der Waals surface area contributed by atoms with Crippen molar-refractivity contribution in [2.75, 3.05) is 12.9 Å². The first-order valence-electron chi connectivity index (χ1n) is 6.09. The van der Waals surface area contributed by atoms with E-state index in [4.69, 9.17) is 0 Å². The molecule has 0 spiro atoms. The molecule has 0 saturated carbocycles. The molecule has 0 saturated heterocycles. The smallest absolute Gasteiger partial charge is 0.316 e. The first kappa shape index (κ1) is 13.9. The van der Waals surface area contributed by atoms with Crippen molar-refractivity contribution in [3.8, 4) is 0 Å². The van der Waals surface area contributed by atoms with E-state index in [9.17, 15) is 4.79 Å². The number of ether oxygens (including phenoxy) is 1. The van der Waals surface area contributed by atoms with Crippen molar-refractivity contribution < 1.29 is 9.53 Å². The monoisotopic (exact) mass is 275 g/mol. The predicted octanol–water partition coefficient (Wildman–Crippen LogP) is 3.43. The van der Waals surface area contributed by atoms with E-state index < -0.39 is 0 Å². The Kier molecular flexibility index (Phi) is 4.10. The lowest BCUT2D eigenvalue weighted by atomic mass is 10.0. The summed E-state index contributed by atoms with van der Waals surface area (Å²) < 4.78 is 4.64. The van der Waals surface area contributed by atoms with Crippen molar-refractivity contribution in [3.63, 3.8) is 0 Å². The number of benzene rings is 1. The van der Waals surface area contributed by atoms with Crippen LogP contribution < -0.4 is 0 Å². The van der Waals surface area contributed by atoms with Gasteiger partial charge < -0.3 is 4.74 Å². The second-order valence-corrected chi connectivity index (χ2v) is 5.62. The number of esters is 1. The van der Waals surface area contributed by atoms with Gasteiger partial charge in [0, 0.05) is 5.39 Å². The predicted molar refractivity (Wildman–Crippen MR) is 78.7 cm³/mol. The van der Waals surface area contributed by atoms with Crippen LogP contribution in [0.3, 0.4) is 0 Å². The Morgan fingerprint density at radius 3 is 2.63 bits per heavy atom. The molecule has 0 N–H and O–H groups in total. The van der Waals surface area contributed by atoms with Crippen LogP contribution in [0.1, 0.15) is 16.7 Å². The Bertz CT molecular complexity index is 638. The normalized spacial score (nSPS) is 10.7. The second-order valence-electron chi connectivity index (χ2n) is 4.62. The van der Waals surface area contributed by atoms with Crippen LogP contribution in [0.5, 0.6) is 0 Å². The number of rotatable bonds is 3. The standard InChI is InChI=1S/C15H17NO2S/c1-9-5-11(3)15-12(6-9)10(2)7-13(16-15)19-8-14(17)18-4/h5-7H,8H2,1-4H3. The first-order valence-corrected chi connectivity index (χ1v) is 7.08. The number of thioether (sulfide) groups is 1. The summed E-state index contributed by atoms with van der Waals surface area (Å²) in [5.74, 6) is 0.0597. The van der Waals surface area contributed by atoms with Gasteiger partial charge in [0.25, 0.3) is 0 Å². The number of aromatic nitrogens is 1. The quantitative estimate of drug-likeness (QED) is 0.635. The maximum absolute atomic E-state index is 11.2. The van der Waals surface area contributed by atoms with Crippen LogP contribution in [0.4, 0.5) is 0 Å². The molecule has 1 aromatic carbocycles. The number of carbonyl (C=O) groups is 1. The van der Waals surface area contributed by atoms with Gasteiger partial charge in [0.2, 0.25) is 0 Å². The van der Waals surface area contributed by atoms with Gasteiger partial charge in [-0.1, -0.05) is 23.4 Å². The Morgan fingerprint density at radius 2 is 1.95 bits per heavy atom. The maximum Gasteiger partial charge on any atom is 0.316 e. The number of pyridine rings is 1. The van der Waals surface area contributed by atoms with E-state index in [1.807, 2.05) is 6.07 Å². The van der Waals surface area contributed by atoms with Gasteiger partial charge in [-0.15, -0.1) is 0 Å². The van der Waals surface area contributed by atoms with Crippen LogP contribution in [0.15, 0.2) is 23.2 Å². The molecule has 1 heterocycles. The van der Waals surface area contributed by atoms with Gasteiger partial charge in [0.15, 0.2) is 0 Å². The van der Waals surface area contributed by atoms with Crippen molar-refractivity contribution in [1.82, 2.24) is 4.98 Å². The van der Waals surface area contributed by atoms with Gasteiger partial charge >= 0.3 is 5.97 Å². The number of fused-ring (bicyclic) bond motifs is 1. The number of hydrogen-bond donors (Lipinski definition) is 0. The molecule has 0 amide bonds. The van der Waals surface area contributed by atoms with E-state index in [1.54, 1.807) is 0 Å². The highest BCUT2D eigenvalue weighted by atomic mass is 32.2. The Morgan fingerprint density at radius 1 is 1.21 bits per heavy atom. The van der Waals surface area contributed by atoms with Crippen molar-refractivity contribution >= 4 is 28.6 Å². The van der Waals surface area contributed by atoms with Gasteiger partial charge in [0.1, 0.15) is 0 Å². The zero-order valence-corrected chi connectivity index (χ0v) is 12.4. The lowest BCUT2D eigenvalue weighted by Gasteiger charge is -2.09. The molecular formula is C15H17NO2S. The van der Waals surface area contributed by atoms with E-state index >= 15 is 0 Å². The second kappa shape index (κ2) is 5.61. The molecule has 19 heavy (non-hydrogen) atoms. The topological polar surface area (TPSA) is 39.2 Å². The molecule has 0 atom stereocenters. The summed E-state index contributed by atoms with van der Waals surface area (Å²) >= 11 is 1.41. The average molecular weight is 275 g/mol. The molecule has 100 valence electrons. The van der Waals surface area contributed by atoms with Crippen LogP contribution in [0.2, 0.25) is 0 Å². The largest absolute Gasteiger partial charge is 0.468 e. The highest BCUT2D eigenvalue weighted by Gasteiger charge is 2.08. The Hall–Kier alpha value is -1.55. The van der Waals surface area contributed by atoms with Crippen molar-refractivity contribution in [2.24, 2.45) is 0 Å². The van der Waals surface area contributed by atoms with Crippen LogP contribution >= 0.6 is 11.8 Å². The summed E-state index contributed by atoms with van der Waals surface area (Å²) in [4.78, 5) is 15.8. The molecule has 0 aliphatic carbocycles. The molecule has 2 rings (SSSR count). The molecule has 0 radical (unpaired) electrons. The minimum Gasteiger partial charge on any atom is -0.468 e. The Labute approximate surface area is 117 Å². The van der Waals surface area contributed by atoms with Gasteiger partial charge in [-0.05, 0) is 44.0 Å². The van der Waals surface area contributed by atoms with Crippen LogP contribution in [-0.4, -0.2) is 23.8 Å². The van der Waals surface area contributed by atoms with Crippen LogP contribution in [0.25, 0.3) is 10.9 Å². The minimum absolute atomic E-state index is 0.231. The maximum atomic E-state index is 11.2. The SMILES string of the molecule is COC(=O)CSc1cc(C)c2cc(C)cc(C)c2n1. The highest BCUT2D eigenvalue weighted by Crippen LogP contribution is 2.26. The third-order valence-corrected chi connectivity index (χ3v) is 3.88. The summed E-state index contributed by atoms with van der Waals surface area (Å²) in [7, 11) is 1.40. The van der Waals surface area contributed by atoms with Crippen molar-refractivity contribution in [1.29, 1.82) is 0 Å². The number of carbonyl (C=O) groups excluding carboxylic acids is 1. The van der Waals surface area contributed by atoms with E-state index in [0.717, 1.165) is 10.5 Å². The zero-order valence-electron chi connectivity index (χ0n) is 11.6. The lowest BCUT2D eigenvalue weighted by Crippen LogP contribution is -2.03. The molecule has 1 aromatic heterocycles. The molecule has 0 fully saturated rings. The number of hydrogen-bond acceptors (Lipinski definition) is 4. The molecule has 4 heteroatoms. The molecule has 0 aliphatic rings. The number of nitrogens with zero attached hydrogens (tertiary/aromatic N) is 1. The van der Waals surface area contributed by atoms with E-state index in [2.05, 4.69) is 42.6 Å². The van der Waals surface area contributed by atoms with E-state index in [1.165, 1.54) is 40.9 Å². The summed E-state index contributed by atoms with van der Waals surface area (Å²) in [6.45, 7) is 6.23. The lowest BCUT2D eigenvalue weighted by molar-refractivity contribution is -0.137. The van der Waals surface area contributed by atoms with Gasteiger partial charge in [0.05, 0.1) is 23.4 Å². The third-order valence-electron chi connectivity index (χ3n) is 3.00. The van der Waals surface area contributed by atoms with Crippen molar-refractivity contribution in [2.45, 2.75) is 25.8 Å². The highest BCUT2D eigenvalue weighted by molar-refractivity contribution is 7.99.